The van der Waals surface area contributed by atoms with Crippen molar-refractivity contribution in [3.8, 4) is 0 Å². The van der Waals surface area contributed by atoms with Gasteiger partial charge in [0.2, 0.25) is 0 Å². The Labute approximate surface area is 96.8 Å². The molecule has 2 atom stereocenters. The smallest absolute Gasteiger partial charge is 0.308 e. The normalized spacial score (nSPS) is 13.9. The summed E-state index contributed by atoms with van der Waals surface area (Å²) in [7, 11) is 1.42. The molecule has 1 N–H and O–H groups in total. The molecule has 2 unspecified atom stereocenters. The molecule has 0 aliphatic carbocycles. The van der Waals surface area contributed by atoms with Crippen LogP contribution in [0.4, 0.5) is 5.69 Å². The Morgan fingerprint density at radius 1 is 1.31 bits per heavy atom. The number of esters is 1. The molecule has 0 bridgehead atoms. The van der Waals surface area contributed by atoms with Crippen LogP contribution in [0.25, 0.3) is 0 Å². The average molecular weight is 221 g/mol. The monoisotopic (exact) mass is 221 g/mol. The van der Waals surface area contributed by atoms with Crippen LogP contribution in [0.1, 0.15) is 20.3 Å². The van der Waals surface area contributed by atoms with Crippen molar-refractivity contribution in [2.75, 3.05) is 12.4 Å². The number of hydrogen-bond acceptors (Lipinski definition) is 3. The molecule has 0 radical (unpaired) electrons. The molecule has 88 valence electrons. The zero-order valence-electron chi connectivity index (χ0n) is 10.1. The predicted octanol–water partition coefficient (Wildman–Crippen LogP) is 2.69. The highest BCUT2D eigenvalue weighted by molar-refractivity contribution is 5.71. The van der Waals surface area contributed by atoms with Crippen molar-refractivity contribution in [3.05, 3.63) is 30.3 Å². The van der Waals surface area contributed by atoms with Crippen molar-refractivity contribution in [1.82, 2.24) is 0 Å². The topological polar surface area (TPSA) is 38.3 Å². The standard InChI is InChI=1S/C13H19NO2/c1-10(13(15)16-3)9-11(2)14-12-7-5-4-6-8-12/h4-8,10-11,14H,9H2,1-3H3. The first-order valence-electron chi connectivity index (χ1n) is 5.53. The van der Waals surface area contributed by atoms with Gasteiger partial charge in [-0.2, -0.15) is 0 Å². The number of methoxy groups -OCH3 is 1. The highest BCUT2D eigenvalue weighted by atomic mass is 16.5. The molecule has 3 nitrogen and oxygen atoms in total. The number of rotatable bonds is 5. The van der Waals surface area contributed by atoms with Crippen LogP contribution in [0.2, 0.25) is 0 Å². The fourth-order valence-corrected chi connectivity index (χ4v) is 1.71. The van der Waals surface area contributed by atoms with E-state index < -0.39 is 0 Å². The number of carbonyl (C=O) groups excluding carboxylic acids is 1. The minimum Gasteiger partial charge on any atom is -0.469 e. The lowest BCUT2D eigenvalue weighted by molar-refractivity contribution is -0.145. The van der Waals surface area contributed by atoms with E-state index in [-0.39, 0.29) is 17.9 Å². The van der Waals surface area contributed by atoms with Crippen LogP contribution in [0.3, 0.4) is 0 Å². The Morgan fingerprint density at radius 3 is 2.50 bits per heavy atom. The van der Waals surface area contributed by atoms with Gasteiger partial charge in [-0.1, -0.05) is 25.1 Å². The summed E-state index contributed by atoms with van der Waals surface area (Å²) in [6.07, 6.45) is 0.765. The van der Waals surface area contributed by atoms with Crippen LogP contribution in [0.15, 0.2) is 30.3 Å². The quantitative estimate of drug-likeness (QED) is 0.777. The first-order valence-corrected chi connectivity index (χ1v) is 5.53. The van der Waals surface area contributed by atoms with Crippen molar-refractivity contribution < 1.29 is 9.53 Å². The SMILES string of the molecule is COC(=O)C(C)CC(C)Nc1ccccc1. The molecular weight excluding hydrogens is 202 g/mol. The van der Waals surface area contributed by atoms with Gasteiger partial charge in [0.1, 0.15) is 0 Å². The van der Waals surface area contributed by atoms with E-state index in [0.717, 1.165) is 12.1 Å². The Hall–Kier alpha value is -1.51. The lowest BCUT2D eigenvalue weighted by Crippen LogP contribution is -2.23. The molecule has 1 aromatic rings. The Bertz CT molecular complexity index is 324. The van der Waals surface area contributed by atoms with E-state index in [4.69, 9.17) is 4.74 Å². The fraction of sp³-hybridized carbons (Fsp3) is 0.462. The minimum atomic E-state index is -0.151. The summed E-state index contributed by atoms with van der Waals surface area (Å²) in [4.78, 5) is 11.2. The number of ether oxygens (including phenoxy) is 1. The van der Waals surface area contributed by atoms with Crippen molar-refractivity contribution in [2.24, 2.45) is 5.92 Å². The zero-order valence-corrected chi connectivity index (χ0v) is 10.1. The largest absolute Gasteiger partial charge is 0.469 e. The third-order valence-electron chi connectivity index (χ3n) is 2.50. The minimum absolute atomic E-state index is 0.0730. The van der Waals surface area contributed by atoms with E-state index in [0.29, 0.717) is 0 Å². The van der Waals surface area contributed by atoms with Gasteiger partial charge in [-0.15, -0.1) is 0 Å². The third-order valence-corrected chi connectivity index (χ3v) is 2.50. The lowest BCUT2D eigenvalue weighted by atomic mass is 10.0. The van der Waals surface area contributed by atoms with Crippen LogP contribution in [0, 0.1) is 5.92 Å². The number of hydrogen-bond donors (Lipinski definition) is 1. The Kier molecular flexibility index (Phi) is 4.83. The summed E-state index contributed by atoms with van der Waals surface area (Å²) in [5.41, 5.74) is 1.08. The summed E-state index contributed by atoms with van der Waals surface area (Å²) in [6.45, 7) is 3.95. The van der Waals surface area contributed by atoms with Crippen molar-refractivity contribution in [3.63, 3.8) is 0 Å². The molecule has 0 saturated carbocycles. The number of nitrogens with one attached hydrogen (secondary N) is 1. The van der Waals surface area contributed by atoms with Crippen LogP contribution in [-0.2, 0) is 9.53 Å². The van der Waals surface area contributed by atoms with Crippen molar-refractivity contribution >= 4 is 11.7 Å². The Morgan fingerprint density at radius 2 is 1.94 bits per heavy atom. The maximum absolute atomic E-state index is 11.2. The van der Waals surface area contributed by atoms with Crippen LogP contribution in [0.5, 0.6) is 0 Å². The summed E-state index contributed by atoms with van der Waals surface area (Å²) < 4.78 is 4.70. The van der Waals surface area contributed by atoms with Gasteiger partial charge in [0, 0.05) is 11.7 Å². The molecule has 1 rings (SSSR count). The summed E-state index contributed by atoms with van der Waals surface area (Å²) in [6, 6.07) is 10.2. The molecule has 0 heterocycles. The zero-order chi connectivity index (χ0) is 12.0. The molecule has 0 spiro atoms. The van der Waals surface area contributed by atoms with Gasteiger partial charge >= 0.3 is 5.97 Å². The summed E-state index contributed by atoms with van der Waals surface area (Å²) in [5, 5.41) is 3.34. The number of carbonyl (C=O) groups is 1. The molecule has 0 aliphatic rings. The van der Waals surface area contributed by atoms with Crippen LogP contribution in [-0.4, -0.2) is 19.1 Å². The van der Waals surface area contributed by atoms with E-state index in [9.17, 15) is 4.79 Å². The number of anilines is 1. The first kappa shape index (κ1) is 12.6. The van der Waals surface area contributed by atoms with Gasteiger partial charge in [-0.05, 0) is 25.5 Å². The Balaban J connectivity index is 2.42. The van der Waals surface area contributed by atoms with Gasteiger partial charge in [-0.25, -0.2) is 0 Å². The molecule has 3 heteroatoms. The van der Waals surface area contributed by atoms with Crippen LogP contribution < -0.4 is 5.32 Å². The van der Waals surface area contributed by atoms with E-state index in [1.54, 1.807) is 0 Å². The second-order valence-electron chi connectivity index (χ2n) is 4.07. The molecular formula is C13H19NO2. The fourth-order valence-electron chi connectivity index (χ4n) is 1.71. The van der Waals surface area contributed by atoms with Crippen molar-refractivity contribution in [2.45, 2.75) is 26.3 Å². The highest BCUT2D eigenvalue weighted by Gasteiger charge is 2.16. The maximum atomic E-state index is 11.2. The number of para-hydroxylation sites is 1. The second kappa shape index (κ2) is 6.16. The van der Waals surface area contributed by atoms with Gasteiger partial charge in [0.25, 0.3) is 0 Å². The summed E-state index contributed by atoms with van der Waals surface area (Å²) >= 11 is 0. The molecule has 0 aliphatic heterocycles. The molecule has 1 aromatic carbocycles. The number of benzene rings is 1. The first-order chi connectivity index (χ1) is 7.63. The highest BCUT2D eigenvalue weighted by Crippen LogP contribution is 2.13. The van der Waals surface area contributed by atoms with Gasteiger partial charge in [-0.3, -0.25) is 4.79 Å². The molecule has 0 aromatic heterocycles. The van der Waals surface area contributed by atoms with Gasteiger partial charge < -0.3 is 10.1 Å². The predicted molar refractivity (Wildman–Crippen MR) is 65.3 cm³/mol. The van der Waals surface area contributed by atoms with Gasteiger partial charge in [0.15, 0.2) is 0 Å². The molecule has 0 fully saturated rings. The van der Waals surface area contributed by atoms with Crippen molar-refractivity contribution in [1.29, 1.82) is 0 Å². The third kappa shape index (κ3) is 3.93. The van der Waals surface area contributed by atoms with Gasteiger partial charge in [0.05, 0.1) is 13.0 Å². The average Bonchev–Trinajstić information content (AvgIpc) is 2.29. The van der Waals surface area contributed by atoms with Crippen LogP contribution >= 0.6 is 0 Å². The maximum Gasteiger partial charge on any atom is 0.308 e. The van der Waals surface area contributed by atoms with E-state index >= 15 is 0 Å². The second-order valence-corrected chi connectivity index (χ2v) is 4.07. The molecule has 0 amide bonds. The molecule has 0 saturated heterocycles. The summed E-state index contributed by atoms with van der Waals surface area (Å²) in [5.74, 6) is -0.224. The van der Waals surface area contributed by atoms with E-state index in [2.05, 4.69) is 12.2 Å². The molecule has 16 heavy (non-hydrogen) atoms. The van der Waals surface area contributed by atoms with E-state index in [1.165, 1.54) is 7.11 Å². The van der Waals surface area contributed by atoms with E-state index in [1.807, 2.05) is 37.3 Å². The lowest BCUT2D eigenvalue weighted by Gasteiger charge is -2.18.